The topological polar surface area (TPSA) is 14.2 Å². The monoisotopic (exact) mass is 255 g/mol. The van der Waals surface area contributed by atoms with Gasteiger partial charge >= 0.3 is 0 Å². The Kier molecular flexibility index (Phi) is 2.95. The van der Waals surface area contributed by atoms with E-state index < -0.39 is 0 Å². The van der Waals surface area contributed by atoms with E-state index in [4.69, 9.17) is 4.74 Å². The Bertz CT molecular complexity index is 718. The summed E-state index contributed by atoms with van der Waals surface area (Å²) in [5.41, 5.74) is 1.73. The molecule has 0 aliphatic carbocycles. The highest BCUT2D eigenvalue weighted by Gasteiger charge is 2.07. The molecule has 0 atom stereocenters. The van der Waals surface area contributed by atoms with E-state index >= 15 is 0 Å². The third-order valence-corrected chi connectivity index (χ3v) is 3.29. The standard InChI is InChI=1S/C16H14FNO/c1-19-16-8-4-7-15-13(16)9-10-18(15)11-12-5-2-3-6-14(12)17/h2-10H,11H2,1H3. The zero-order valence-electron chi connectivity index (χ0n) is 10.6. The number of fused-ring (bicyclic) bond motifs is 1. The zero-order valence-corrected chi connectivity index (χ0v) is 10.6. The van der Waals surface area contributed by atoms with E-state index in [0.29, 0.717) is 12.1 Å². The molecule has 0 unspecified atom stereocenters. The lowest BCUT2D eigenvalue weighted by Crippen LogP contribution is -2.00. The molecule has 0 spiro atoms. The van der Waals surface area contributed by atoms with Crippen LogP contribution in [0.5, 0.6) is 5.75 Å². The Labute approximate surface area is 111 Å². The third-order valence-electron chi connectivity index (χ3n) is 3.29. The average Bonchev–Trinajstić information content (AvgIpc) is 2.84. The van der Waals surface area contributed by atoms with Crippen molar-refractivity contribution in [2.75, 3.05) is 7.11 Å². The molecule has 0 bridgehead atoms. The van der Waals surface area contributed by atoms with Crippen LogP contribution in [-0.2, 0) is 6.54 Å². The van der Waals surface area contributed by atoms with Crippen LogP contribution in [-0.4, -0.2) is 11.7 Å². The molecule has 3 aromatic rings. The van der Waals surface area contributed by atoms with E-state index in [9.17, 15) is 4.39 Å². The van der Waals surface area contributed by atoms with Crippen LogP contribution in [0.1, 0.15) is 5.56 Å². The van der Waals surface area contributed by atoms with Gasteiger partial charge in [-0.3, -0.25) is 0 Å². The van der Waals surface area contributed by atoms with Gasteiger partial charge in [0.15, 0.2) is 0 Å². The van der Waals surface area contributed by atoms with Crippen molar-refractivity contribution in [3.05, 3.63) is 66.1 Å². The maximum atomic E-state index is 13.7. The highest BCUT2D eigenvalue weighted by Crippen LogP contribution is 2.26. The minimum atomic E-state index is -0.174. The first-order valence-electron chi connectivity index (χ1n) is 6.15. The second-order valence-corrected chi connectivity index (χ2v) is 4.43. The molecule has 3 heteroatoms. The van der Waals surface area contributed by atoms with Gasteiger partial charge < -0.3 is 9.30 Å². The summed E-state index contributed by atoms with van der Waals surface area (Å²) < 4.78 is 21.0. The predicted octanol–water partition coefficient (Wildman–Crippen LogP) is 3.84. The van der Waals surface area contributed by atoms with Crippen molar-refractivity contribution in [3.63, 3.8) is 0 Å². The van der Waals surface area contributed by atoms with Crippen LogP contribution in [0.15, 0.2) is 54.7 Å². The summed E-state index contributed by atoms with van der Waals surface area (Å²) in [6.45, 7) is 0.517. The lowest BCUT2D eigenvalue weighted by Gasteiger charge is -2.07. The molecule has 0 saturated heterocycles. The van der Waals surface area contributed by atoms with E-state index in [-0.39, 0.29) is 5.82 Å². The number of halogens is 1. The predicted molar refractivity (Wildman–Crippen MR) is 74.0 cm³/mol. The van der Waals surface area contributed by atoms with Gasteiger partial charge in [0.1, 0.15) is 11.6 Å². The zero-order chi connectivity index (χ0) is 13.2. The Balaban J connectivity index is 2.05. The van der Waals surface area contributed by atoms with Crippen LogP contribution in [0.2, 0.25) is 0 Å². The van der Waals surface area contributed by atoms with Crippen LogP contribution < -0.4 is 4.74 Å². The molecule has 0 radical (unpaired) electrons. The highest BCUT2D eigenvalue weighted by molar-refractivity contribution is 5.86. The van der Waals surface area contributed by atoms with Gasteiger partial charge in [0.25, 0.3) is 0 Å². The molecule has 0 amide bonds. The Hall–Kier alpha value is -2.29. The number of aromatic nitrogens is 1. The van der Waals surface area contributed by atoms with Gasteiger partial charge in [-0.15, -0.1) is 0 Å². The molecule has 0 N–H and O–H groups in total. The van der Waals surface area contributed by atoms with E-state index in [1.807, 2.05) is 41.1 Å². The fourth-order valence-corrected chi connectivity index (χ4v) is 2.32. The Morgan fingerprint density at radius 3 is 2.68 bits per heavy atom. The number of benzene rings is 2. The summed E-state index contributed by atoms with van der Waals surface area (Å²) in [5.74, 6) is 0.664. The van der Waals surface area contributed by atoms with Gasteiger partial charge in [-0.2, -0.15) is 0 Å². The molecule has 2 aromatic carbocycles. The molecule has 3 rings (SSSR count). The molecular weight excluding hydrogens is 241 g/mol. The van der Waals surface area contributed by atoms with Gasteiger partial charge in [0.2, 0.25) is 0 Å². The second kappa shape index (κ2) is 4.76. The second-order valence-electron chi connectivity index (χ2n) is 4.43. The van der Waals surface area contributed by atoms with Crippen molar-refractivity contribution in [2.45, 2.75) is 6.54 Å². The van der Waals surface area contributed by atoms with Crippen molar-refractivity contribution in [2.24, 2.45) is 0 Å². The third kappa shape index (κ3) is 2.08. The molecule has 2 nitrogen and oxygen atoms in total. The normalized spacial score (nSPS) is 10.8. The summed E-state index contributed by atoms with van der Waals surface area (Å²) in [7, 11) is 1.66. The van der Waals surface area contributed by atoms with Gasteiger partial charge in [-0.1, -0.05) is 24.3 Å². The SMILES string of the molecule is COc1cccc2c1ccn2Cc1ccccc1F. The maximum absolute atomic E-state index is 13.7. The molecule has 96 valence electrons. The molecule has 1 heterocycles. The van der Waals surface area contributed by atoms with E-state index in [1.165, 1.54) is 6.07 Å². The molecule has 0 saturated carbocycles. The molecule has 0 aliphatic rings. The Morgan fingerprint density at radius 2 is 1.89 bits per heavy atom. The van der Waals surface area contributed by atoms with E-state index in [1.54, 1.807) is 19.2 Å². The van der Waals surface area contributed by atoms with Gasteiger partial charge in [-0.25, -0.2) is 4.39 Å². The summed E-state index contributed by atoms with van der Waals surface area (Å²) >= 11 is 0. The average molecular weight is 255 g/mol. The lowest BCUT2D eigenvalue weighted by atomic mass is 10.2. The molecule has 1 aromatic heterocycles. The van der Waals surface area contributed by atoms with E-state index in [2.05, 4.69) is 0 Å². The first kappa shape index (κ1) is 11.8. The number of ether oxygens (including phenoxy) is 1. The molecule has 0 aliphatic heterocycles. The minimum Gasteiger partial charge on any atom is -0.496 e. The smallest absolute Gasteiger partial charge is 0.128 e. The Morgan fingerprint density at radius 1 is 1.05 bits per heavy atom. The summed E-state index contributed by atoms with van der Waals surface area (Å²) in [4.78, 5) is 0. The minimum absolute atomic E-state index is 0.174. The van der Waals surface area contributed by atoms with Crippen LogP contribution in [0.25, 0.3) is 10.9 Å². The van der Waals surface area contributed by atoms with Crippen LogP contribution >= 0.6 is 0 Å². The van der Waals surface area contributed by atoms with Crippen molar-refractivity contribution in [1.29, 1.82) is 0 Å². The van der Waals surface area contributed by atoms with Crippen LogP contribution in [0, 0.1) is 5.82 Å². The highest BCUT2D eigenvalue weighted by atomic mass is 19.1. The fourth-order valence-electron chi connectivity index (χ4n) is 2.32. The molecular formula is C16H14FNO. The van der Waals surface area contributed by atoms with Gasteiger partial charge in [0, 0.05) is 17.1 Å². The number of hydrogen-bond acceptors (Lipinski definition) is 1. The first-order chi connectivity index (χ1) is 9.29. The summed E-state index contributed by atoms with van der Waals surface area (Å²) in [6.07, 6.45) is 1.96. The van der Waals surface area contributed by atoms with Crippen molar-refractivity contribution >= 4 is 10.9 Å². The van der Waals surface area contributed by atoms with Crippen LogP contribution in [0.4, 0.5) is 4.39 Å². The lowest BCUT2D eigenvalue weighted by molar-refractivity contribution is 0.420. The van der Waals surface area contributed by atoms with Crippen molar-refractivity contribution in [1.82, 2.24) is 4.57 Å². The maximum Gasteiger partial charge on any atom is 0.128 e. The fraction of sp³-hybridized carbons (Fsp3) is 0.125. The largest absolute Gasteiger partial charge is 0.496 e. The van der Waals surface area contributed by atoms with Gasteiger partial charge in [-0.05, 0) is 24.3 Å². The molecule has 0 fully saturated rings. The van der Waals surface area contributed by atoms with Crippen molar-refractivity contribution < 1.29 is 9.13 Å². The molecule has 19 heavy (non-hydrogen) atoms. The number of methoxy groups -OCH3 is 1. The van der Waals surface area contributed by atoms with E-state index in [0.717, 1.165) is 16.7 Å². The quantitative estimate of drug-likeness (QED) is 0.693. The number of nitrogens with zero attached hydrogens (tertiary/aromatic N) is 1. The van der Waals surface area contributed by atoms with Crippen molar-refractivity contribution in [3.8, 4) is 5.75 Å². The number of rotatable bonds is 3. The summed E-state index contributed by atoms with van der Waals surface area (Å²) in [5, 5.41) is 1.04. The van der Waals surface area contributed by atoms with Crippen LogP contribution in [0.3, 0.4) is 0 Å². The summed E-state index contributed by atoms with van der Waals surface area (Å²) in [6, 6.07) is 14.7. The van der Waals surface area contributed by atoms with Gasteiger partial charge in [0.05, 0.1) is 19.2 Å². The number of hydrogen-bond donors (Lipinski definition) is 0. The first-order valence-corrected chi connectivity index (χ1v) is 6.15.